The maximum atomic E-state index is 14.3. The number of anilines is 1. The Morgan fingerprint density at radius 3 is 2.16 bits per heavy atom. The molecule has 0 aromatic heterocycles. The van der Waals surface area contributed by atoms with Crippen molar-refractivity contribution in [1.29, 1.82) is 0 Å². The first kappa shape index (κ1) is 35.2. The number of aryl methyl sites for hydroxylation is 1. The number of methoxy groups -OCH3 is 2. The molecule has 45 heavy (non-hydrogen) atoms. The molecular weight excluding hydrogens is 594 g/mol. The fourth-order valence-electron chi connectivity index (χ4n) is 4.82. The molecule has 0 fully saturated rings. The summed E-state index contributed by atoms with van der Waals surface area (Å²) in [7, 11) is -1.43. The summed E-state index contributed by atoms with van der Waals surface area (Å²) < 4.78 is 45.8. The Balaban J connectivity index is 2.11. The molecule has 0 aliphatic heterocycles. The number of carbonyl (C=O) groups is 2. The average Bonchev–Trinajstić information content (AvgIpc) is 3.03. The molecule has 0 aliphatic rings. The van der Waals surface area contributed by atoms with Gasteiger partial charge in [0, 0.05) is 19.2 Å². The number of benzene rings is 3. The van der Waals surface area contributed by atoms with Gasteiger partial charge < -0.3 is 24.4 Å². The first-order valence-electron chi connectivity index (χ1n) is 15.1. The van der Waals surface area contributed by atoms with Gasteiger partial charge in [0.05, 0.1) is 31.4 Å². The van der Waals surface area contributed by atoms with E-state index in [4.69, 9.17) is 14.2 Å². The topological polar surface area (TPSA) is 114 Å². The van der Waals surface area contributed by atoms with Crippen molar-refractivity contribution in [2.24, 2.45) is 5.92 Å². The van der Waals surface area contributed by atoms with E-state index in [2.05, 4.69) is 5.32 Å². The van der Waals surface area contributed by atoms with E-state index in [0.717, 1.165) is 15.4 Å². The van der Waals surface area contributed by atoms with Crippen molar-refractivity contribution in [3.8, 4) is 17.2 Å². The van der Waals surface area contributed by atoms with E-state index < -0.39 is 28.5 Å². The van der Waals surface area contributed by atoms with Gasteiger partial charge >= 0.3 is 0 Å². The molecule has 0 heterocycles. The predicted molar refractivity (Wildman–Crippen MR) is 175 cm³/mol. The number of hydrogen-bond acceptors (Lipinski definition) is 7. The van der Waals surface area contributed by atoms with Crippen LogP contribution in [0, 0.1) is 12.8 Å². The van der Waals surface area contributed by atoms with Crippen LogP contribution in [-0.4, -0.2) is 65.1 Å². The average molecular weight is 640 g/mol. The number of rotatable bonds is 16. The molecule has 2 amide bonds. The van der Waals surface area contributed by atoms with E-state index in [-0.39, 0.29) is 34.7 Å². The maximum absolute atomic E-state index is 14.3. The third-order valence-electron chi connectivity index (χ3n) is 7.33. The summed E-state index contributed by atoms with van der Waals surface area (Å²) in [6.07, 6.45) is 0.340. The van der Waals surface area contributed by atoms with Gasteiger partial charge in [-0.2, -0.15) is 0 Å². The van der Waals surface area contributed by atoms with Gasteiger partial charge in [-0.05, 0) is 73.7 Å². The molecule has 3 rings (SSSR count). The Morgan fingerprint density at radius 2 is 1.58 bits per heavy atom. The van der Waals surface area contributed by atoms with E-state index >= 15 is 0 Å². The quantitative estimate of drug-likeness (QED) is 0.230. The molecule has 0 aliphatic carbocycles. The molecule has 0 radical (unpaired) electrons. The Labute approximate surface area is 267 Å². The van der Waals surface area contributed by atoms with Crippen molar-refractivity contribution in [3.05, 3.63) is 77.9 Å². The third kappa shape index (κ3) is 8.91. The Morgan fingerprint density at radius 1 is 0.911 bits per heavy atom. The number of ether oxygens (including phenoxy) is 3. The molecular formula is C34H45N3O7S. The smallest absolute Gasteiger partial charge is 0.264 e. The summed E-state index contributed by atoms with van der Waals surface area (Å²) >= 11 is 0. The summed E-state index contributed by atoms with van der Waals surface area (Å²) in [4.78, 5) is 29.1. The molecule has 1 N–H and O–H groups in total. The van der Waals surface area contributed by atoms with Crippen molar-refractivity contribution >= 4 is 27.5 Å². The third-order valence-corrected chi connectivity index (χ3v) is 9.10. The van der Waals surface area contributed by atoms with Gasteiger partial charge in [-0.1, -0.05) is 45.0 Å². The molecule has 0 saturated heterocycles. The number of carbonyl (C=O) groups excluding carboxylic acids is 2. The van der Waals surface area contributed by atoms with Crippen molar-refractivity contribution in [1.82, 2.24) is 10.2 Å². The highest BCUT2D eigenvalue weighted by Gasteiger charge is 2.34. The molecule has 244 valence electrons. The van der Waals surface area contributed by atoms with Crippen LogP contribution in [0.25, 0.3) is 0 Å². The van der Waals surface area contributed by atoms with Crippen molar-refractivity contribution in [2.45, 2.75) is 58.5 Å². The monoisotopic (exact) mass is 639 g/mol. The fourth-order valence-corrected chi connectivity index (χ4v) is 6.25. The first-order chi connectivity index (χ1) is 21.5. The Kier molecular flexibility index (Phi) is 12.7. The van der Waals surface area contributed by atoms with Gasteiger partial charge in [-0.25, -0.2) is 8.42 Å². The zero-order valence-electron chi connectivity index (χ0n) is 27.2. The second-order valence-corrected chi connectivity index (χ2v) is 12.8. The Bertz CT molecular complexity index is 1540. The van der Waals surface area contributed by atoms with E-state index in [1.54, 1.807) is 24.3 Å². The largest absolute Gasteiger partial charge is 0.494 e. The number of sulfonamides is 1. The lowest BCUT2D eigenvalue weighted by Gasteiger charge is -2.33. The molecule has 0 bridgehead atoms. The summed E-state index contributed by atoms with van der Waals surface area (Å²) in [5.74, 6) is 0.554. The standard InChI is InChI=1S/C34H45N3O7S/c1-8-30(34(39)35-21-24(3)4)36(22-26-13-11-10-12-25(26)5)33(38)23-37(27-14-16-28(17-15-27)44-9-2)45(40,41)29-18-19-31(42-6)32(20-29)43-7/h10-20,24,30H,8-9,21-23H2,1-7H3,(H,35,39). The molecule has 1 atom stereocenters. The molecule has 0 spiro atoms. The maximum Gasteiger partial charge on any atom is 0.264 e. The second-order valence-electron chi connectivity index (χ2n) is 11.0. The highest BCUT2D eigenvalue weighted by Crippen LogP contribution is 2.33. The first-order valence-corrected chi connectivity index (χ1v) is 16.5. The normalized spacial score (nSPS) is 11.9. The zero-order chi connectivity index (χ0) is 33.1. The van der Waals surface area contributed by atoms with E-state index in [1.165, 1.54) is 37.3 Å². The van der Waals surface area contributed by atoms with Crippen LogP contribution in [0.2, 0.25) is 0 Å². The van der Waals surface area contributed by atoms with Gasteiger partial charge in [-0.3, -0.25) is 13.9 Å². The van der Waals surface area contributed by atoms with Crippen LogP contribution in [0.15, 0.2) is 71.6 Å². The lowest BCUT2D eigenvalue weighted by atomic mass is 10.1. The summed E-state index contributed by atoms with van der Waals surface area (Å²) in [6, 6.07) is 17.6. The number of nitrogens with zero attached hydrogens (tertiary/aromatic N) is 2. The molecule has 0 saturated carbocycles. The van der Waals surface area contributed by atoms with Crippen LogP contribution in [0.1, 0.15) is 45.2 Å². The minimum absolute atomic E-state index is 0.0889. The molecule has 3 aromatic rings. The second kappa shape index (κ2) is 16.2. The van der Waals surface area contributed by atoms with Crippen LogP contribution in [-0.2, 0) is 26.2 Å². The lowest BCUT2D eigenvalue weighted by Crippen LogP contribution is -2.52. The van der Waals surface area contributed by atoms with Gasteiger partial charge in [-0.15, -0.1) is 0 Å². The van der Waals surface area contributed by atoms with Gasteiger partial charge in [0.2, 0.25) is 11.8 Å². The molecule has 10 nitrogen and oxygen atoms in total. The van der Waals surface area contributed by atoms with Crippen LogP contribution in [0.4, 0.5) is 5.69 Å². The Hall–Kier alpha value is -4.25. The van der Waals surface area contributed by atoms with Crippen molar-refractivity contribution in [2.75, 3.05) is 38.2 Å². The van der Waals surface area contributed by atoms with Crippen LogP contribution >= 0.6 is 0 Å². The number of nitrogens with one attached hydrogen (secondary N) is 1. The highest BCUT2D eigenvalue weighted by atomic mass is 32.2. The number of amides is 2. The minimum atomic E-state index is -4.31. The van der Waals surface area contributed by atoms with Gasteiger partial charge in [0.1, 0.15) is 18.3 Å². The summed E-state index contributed by atoms with van der Waals surface area (Å²) in [5.41, 5.74) is 2.07. The summed E-state index contributed by atoms with van der Waals surface area (Å²) in [6.45, 7) is 10.1. The summed E-state index contributed by atoms with van der Waals surface area (Å²) in [5, 5.41) is 2.95. The van der Waals surface area contributed by atoms with Gasteiger partial charge in [0.25, 0.3) is 10.0 Å². The number of hydrogen-bond donors (Lipinski definition) is 1. The van der Waals surface area contributed by atoms with Crippen LogP contribution in [0.3, 0.4) is 0 Å². The SMILES string of the molecule is CCOc1ccc(N(CC(=O)N(Cc2ccccc2C)C(CC)C(=O)NCC(C)C)S(=O)(=O)c2ccc(OC)c(OC)c2)cc1. The minimum Gasteiger partial charge on any atom is -0.494 e. The van der Waals surface area contributed by atoms with Crippen molar-refractivity contribution in [3.63, 3.8) is 0 Å². The molecule has 3 aromatic carbocycles. The zero-order valence-corrected chi connectivity index (χ0v) is 28.0. The van der Waals surface area contributed by atoms with E-state index in [9.17, 15) is 18.0 Å². The molecule has 1 unspecified atom stereocenters. The van der Waals surface area contributed by atoms with Gasteiger partial charge in [0.15, 0.2) is 11.5 Å². The molecule has 11 heteroatoms. The predicted octanol–water partition coefficient (Wildman–Crippen LogP) is 5.19. The lowest BCUT2D eigenvalue weighted by molar-refractivity contribution is -0.140. The van der Waals surface area contributed by atoms with Crippen LogP contribution in [0.5, 0.6) is 17.2 Å². The van der Waals surface area contributed by atoms with E-state index in [1.807, 2.05) is 58.9 Å². The van der Waals surface area contributed by atoms with Crippen LogP contribution < -0.4 is 23.8 Å². The highest BCUT2D eigenvalue weighted by molar-refractivity contribution is 7.92. The van der Waals surface area contributed by atoms with E-state index in [0.29, 0.717) is 31.1 Å². The van der Waals surface area contributed by atoms with Crippen molar-refractivity contribution < 1.29 is 32.2 Å². The fraction of sp³-hybridized carbons (Fsp3) is 0.412.